The first kappa shape index (κ1) is 12.9. The van der Waals surface area contributed by atoms with Gasteiger partial charge in [-0.25, -0.2) is 0 Å². The van der Waals surface area contributed by atoms with Crippen LogP contribution < -0.4 is 10.5 Å². The van der Waals surface area contributed by atoms with Crippen LogP contribution in [0, 0.1) is 6.92 Å². The van der Waals surface area contributed by atoms with Gasteiger partial charge >= 0.3 is 0 Å². The maximum atomic E-state index is 6.03. The van der Waals surface area contributed by atoms with Crippen LogP contribution in [0.5, 0.6) is 11.5 Å². The summed E-state index contributed by atoms with van der Waals surface area (Å²) in [6, 6.07) is 12.9. The third-order valence-electron chi connectivity index (χ3n) is 2.53. The van der Waals surface area contributed by atoms with Crippen molar-refractivity contribution in [3.05, 3.63) is 58.6 Å². The third kappa shape index (κ3) is 2.81. The van der Waals surface area contributed by atoms with E-state index in [1.807, 2.05) is 43.3 Å². The predicted molar refractivity (Wildman–Crippen MR) is 78.6 cm³/mol. The van der Waals surface area contributed by atoms with Gasteiger partial charge in [-0.15, -0.1) is 0 Å². The fourth-order valence-corrected chi connectivity index (χ4v) is 2.03. The molecular weight excluding hydrogens is 266 g/mol. The van der Waals surface area contributed by atoms with Gasteiger partial charge in [-0.05, 0) is 42.8 Å². The lowest BCUT2D eigenvalue weighted by atomic mass is 10.1. The lowest BCUT2D eigenvalue weighted by Crippen LogP contribution is -2.10. The Hall–Kier alpha value is -1.58. The zero-order valence-corrected chi connectivity index (χ0v) is 11.4. The SMILES string of the molecule is Cc1cc(Oc2ccccc2Cl)ccc1C(N)=S. The van der Waals surface area contributed by atoms with Gasteiger partial charge in [-0.2, -0.15) is 0 Å². The van der Waals surface area contributed by atoms with E-state index in [0.29, 0.717) is 21.5 Å². The Morgan fingerprint density at radius 1 is 1.22 bits per heavy atom. The summed E-state index contributed by atoms with van der Waals surface area (Å²) >= 11 is 11.0. The largest absolute Gasteiger partial charge is 0.456 e. The second-order valence-corrected chi connectivity index (χ2v) is 4.72. The minimum atomic E-state index is 0.386. The van der Waals surface area contributed by atoms with Crippen LogP contribution >= 0.6 is 23.8 Å². The highest BCUT2D eigenvalue weighted by Gasteiger charge is 2.05. The number of benzene rings is 2. The fourth-order valence-electron chi connectivity index (χ4n) is 1.63. The Kier molecular flexibility index (Phi) is 3.84. The molecule has 18 heavy (non-hydrogen) atoms. The molecule has 2 rings (SSSR count). The quantitative estimate of drug-likeness (QED) is 0.859. The van der Waals surface area contributed by atoms with E-state index in [1.54, 1.807) is 6.07 Å². The number of hydrogen-bond donors (Lipinski definition) is 1. The maximum Gasteiger partial charge on any atom is 0.146 e. The van der Waals surface area contributed by atoms with Crippen LogP contribution in [-0.2, 0) is 0 Å². The molecule has 0 aliphatic carbocycles. The topological polar surface area (TPSA) is 35.2 Å². The minimum absolute atomic E-state index is 0.386. The molecule has 2 aromatic rings. The predicted octanol–water partition coefficient (Wildman–Crippen LogP) is 4.07. The summed E-state index contributed by atoms with van der Waals surface area (Å²) in [5.74, 6) is 1.34. The van der Waals surface area contributed by atoms with Gasteiger partial charge < -0.3 is 10.5 Å². The fraction of sp³-hybridized carbons (Fsp3) is 0.0714. The first-order chi connectivity index (χ1) is 8.58. The van der Waals surface area contributed by atoms with E-state index in [-0.39, 0.29) is 0 Å². The van der Waals surface area contributed by atoms with Crippen molar-refractivity contribution in [1.82, 2.24) is 0 Å². The summed E-state index contributed by atoms with van der Waals surface area (Å²) in [5, 5.41) is 0.577. The van der Waals surface area contributed by atoms with Crippen LogP contribution in [0.2, 0.25) is 5.02 Å². The average molecular weight is 278 g/mol. The molecule has 0 heterocycles. The molecule has 2 aromatic carbocycles. The van der Waals surface area contributed by atoms with E-state index >= 15 is 0 Å². The van der Waals surface area contributed by atoms with Crippen molar-refractivity contribution < 1.29 is 4.74 Å². The molecule has 0 amide bonds. The van der Waals surface area contributed by atoms with Crippen molar-refractivity contribution in [2.24, 2.45) is 5.73 Å². The molecule has 0 aromatic heterocycles. The van der Waals surface area contributed by atoms with Gasteiger partial charge in [0.15, 0.2) is 0 Å². The van der Waals surface area contributed by atoms with Crippen LogP contribution in [0.15, 0.2) is 42.5 Å². The standard InChI is InChI=1S/C14H12ClNOS/c1-9-8-10(6-7-11(9)14(16)18)17-13-5-3-2-4-12(13)15/h2-8H,1H3,(H2,16,18). The molecule has 0 spiro atoms. The van der Waals surface area contributed by atoms with Crippen molar-refractivity contribution in [2.45, 2.75) is 6.92 Å². The number of aryl methyl sites for hydroxylation is 1. The monoisotopic (exact) mass is 277 g/mol. The number of rotatable bonds is 3. The first-order valence-corrected chi connectivity index (χ1v) is 6.19. The van der Waals surface area contributed by atoms with E-state index in [9.17, 15) is 0 Å². The molecule has 0 aliphatic rings. The van der Waals surface area contributed by atoms with Crippen LogP contribution in [0.3, 0.4) is 0 Å². The van der Waals surface area contributed by atoms with Gasteiger partial charge in [0.25, 0.3) is 0 Å². The molecule has 2 N–H and O–H groups in total. The van der Waals surface area contributed by atoms with E-state index in [4.69, 9.17) is 34.3 Å². The van der Waals surface area contributed by atoms with Crippen LogP contribution in [0.1, 0.15) is 11.1 Å². The zero-order valence-electron chi connectivity index (χ0n) is 9.81. The molecule has 0 atom stereocenters. The number of halogens is 1. The maximum absolute atomic E-state index is 6.03. The lowest BCUT2D eigenvalue weighted by molar-refractivity contribution is 0.482. The molecule has 2 nitrogen and oxygen atoms in total. The Morgan fingerprint density at radius 3 is 2.56 bits per heavy atom. The molecule has 0 saturated heterocycles. The highest BCUT2D eigenvalue weighted by atomic mass is 35.5. The molecule has 4 heteroatoms. The molecule has 0 aliphatic heterocycles. The average Bonchev–Trinajstić information content (AvgIpc) is 2.32. The van der Waals surface area contributed by atoms with Gasteiger partial charge in [0.2, 0.25) is 0 Å². The van der Waals surface area contributed by atoms with Crippen molar-refractivity contribution in [1.29, 1.82) is 0 Å². The van der Waals surface area contributed by atoms with E-state index in [2.05, 4.69) is 0 Å². The van der Waals surface area contributed by atoms with Crippen molar-refractivity contribution in [3.8, 4) is 11.5 Å². The zero-order chi connectivity index (χ0) is 13.1. The summed E-state index contributed by atoms with van der Waals surface area (Å²) in [6.07, 6.45) is 0. The summed E-state index contributed by atoms with van der Waals surface area (Å²) in [7, 11) is 0. The van der Waals surface area contributed by atoms with Gasteiger partial charge in [0.1, 0.15) is 16.5 Å². The van der Waals surface area contributed by atoms with Crippen molar-refractivity contribution in [2.75, 3.05) is 0 Å². The Balaban J connectivity index is 2.29. The summed E-state index contributed by atoms with van der Waals surface area (Å²) in [5.41, 5.74) is 7.45. The summed E-state index contributed by atoms with van der Waals surface area (Å²) < 4.78 is 5.71. The summed E-state index contributed by atoms with van der Waals surface area (Å²) in [6.45, 7) is 1.94. The number of thiocarbonyl (C=S) groups is 1. The van der Waals surface area contributed by atoms with E-state index in [1.165, 1.54) is 0 Å². The van der Waals surface area contributed by atoms with Crippen LogP contribution in [-0.4, -0.2) is 4.99 Å². The molecular formula is C14H12ClNOS. The molecule has 0 unspecified atom stereocenters. The van der Waals surface area contributed by atoms with E-state index < -0.39 is 0 Å². The number of hydrogen-bond acceptors (Lipinski definition) is 2. The highest BCUT2D eigenvalue weighted by Crippen LogP contribution is 2.29. The molecule has 0 bridgehead atoms. The normalized spacial score (nSPS) is 10.1. The summed E-state index contributed by atoms with van der Waals surface area (Å²) in [4.78, 5) is 0.386. The Bertz CT molecular complexity index is 598. The van der Waals surface area contributed by atoms with Gasteiger partial charge in [0.05, 0.1) is 5.02 Å². The number of para-hydroxylation sites is 1. The second kappa shape index (κ2) is 5.38. The number of nitrogens with two attached hydrogens (primary N) is 1. The van der Waals surface area contributed by atoms with Crippen LogP contribution in [0.4, 0.5) is 0 Å². The van der Waals surface area contributed by atoms with E-state index in [0.717, 1.165) is 11.1 Å². The molecule has 0 saturated carbocycles. The van der Waals surface area contributed by atoms with Gasteiger partial charge in [-0.1, -0.05) is 36.0 Å². The van der Waals surface area contributed by atoms with Gasteiger partial charge in [-0.3, -0.25) is 0 Å². The molecule has 0 radical (unpaired) electrons. The van der Waals surface area contributed by atoms with Crippen molar-refractivity contribution in [3.63, 3.8) is 0 Å². The number of ether oxygens (including phenoxy) is 1. The van der Waals surface area contributed by atoms with Crippen LogP contribution in [0.25, 0.3) is 0 Å². The second-order valence-electron chi connectivity index (χ2n) is 3.87. The lowest BCUT2D eigenvalue weighted by Gasteiger charge is -2.10. The smallest absolute Gasteiger partial charge is 0.146 e. The van der Waals surface area contributed by atoms with Crippen molar-refractivity contribution >= 4 is 28.8 Å². The molecule has 92 valence electrons. The molecule has 0 fully saturated rings. The first-order valence-electron chi connectivity index (χ1n) is 5.41. The van der Waals surface area contributed by atoms with Gasteiger partial charge in [0, 0.05) is 5.56 Å². The highest BCUT2D eigenvalue weighted by molar-refractivity contribution is 7.80. The third-order valence-corrected chi connectivity index (χ3v) is 3.06. The Morgan fingerprint density at radius 2 is 1.94 bits per heavy atom. The minimum Gasteiger partial charge on any atom is -0.456 e. The Labute approximate surface area is 116 Å².